The molecule has 4 nitrogen and oxygen atoms in total. The van der Waals surface area contributed by atoms with Crippen molar-refractivity contribution in [1.82, 2.24) is 14.7 Å². The van der Waals surface area contributed by atoms with Crippen molar-refractivity contribution in [2.45, 2.75) is 32.7 Å². The van der Waals surface area contributed by atoms with Gasteiger partial charge < -0.3 is 9.72 Å². The molecule has 0 saturated heterocycles. The molecule has 0 bridgehead atoms. The van der Waals surface area contributed by atoms with Gasteiger partial charge in [-0.1, -0.05) is 48.0 Å². The van der Waals surface area contributed by atoms with Gasteiger partial charge in [0.2, 0.25) is 5.91 Å². The number of nitrogens with zero attached hydrogens (tertiary/aromatic N) is 2. The van der Waals surface area contributed by atoms with E-state index in [1.165, 1.54) is 5.57 Å². The molecule has 1 aliphatic rings. The molecule has 25 heavy (non-hydrogen) atoms. The summed E-state index contributed by atoms with van der Waals surface area (Å²) in [7, 11) is 0. The Morgan fingerprint density at radius 1 is 1.24 bits per heavy atom. The van der Waals surface area contributed by atoms with Crippen LogP contribution in [0.15, 0.2) is 54.2 Å². The fourth-order valence-corrected chi connectivity index (χ4v) is 3.59. The van der Waals surface area contributed by atoms with Crippen molar-refractivity contribution in [3.05, 3.63) is 76.7 Å². The monoisotopic (exact) mass is 331 g/mol. The Labute approximate surface area is 147 Å². The average molecular weight is 331 g/mol. The second kappa shape index (κ2) is 6.20. The fourth-order valence-electron chi connectivity index (χ4n) is 3.59. The summed E-state index contributed by atoms with van der Waals surface area (Å²) in [6.45, 7) is 4.67. The number of allylic oxidation sites excluding steroid dienone is 1. The molecule has 126 valence electrons. The van der Waals surface area contributed by atoms with E-state index in [1.807, 2.05) is 30.5 Å². The number of aromatic nitrogens is 2. The van der Waals surface area contributed by atoms with Crippen molar-refractivity contribution in [2.24, 2.45) is 0 Å². The maximum atomic E-state index is 12.2. The molecule has 0 spiro atoms. The maximum Gasteiger partial charge on any atom is 0.221 e. The number of hydrogen-bond donors (Lipinski definition) is 1. The Hall–Kier alpha value is -2.88. The minimum absolute atomic E-state index is 0.0227. The van der Waals surface area contributed by atoms with Gasteiger partial charge in [0.25, 0.3) is 0 Å². The van der Waals surface area contributed by atoms with Crippen LogP contribution in [0, 0.1) is 6.92 Å². The highest BCUT2D eigenvalue weighted by Crippen LogP contribution is 2.34. The lowest BCUT2D eigenvalue weighted by Gasteiger charge is -2.16. The number of imidazole rings is 1. The van der Waals surface area contributed by atoms with E-state index < -0.39 is 0 Å². The van der Waals surface area contributed by atoms with Crippen LogP contribution in [0.3, 0.4) is 0 Å². The van der Waals surface area contributed by atoms with Crippen LogP contribution in [0.1, 0.15) is 41.8 Å². The molecule has 1 atom stereocenters. The van der Waals surface area contributed by atoms with Gasteiger partial charge in [-0.05, 0) is 31.0 Å². The van der Waals surface area contributed by atoms with Crippen molar-refractivity contribution in [2.75, 3.05) is 0 Å². The highest BCUT2D eigenvalue weighted by molar-refractivity contribution is 5.79. The minimum Gasteiger partial charge on any atom is -0.350 e. The van der Waals surface area contributed by atoms with Crippen molar-refractivity contribution in [3.8, 4) is 0 Å². The highest BCUT2D eigenvalue weighted by atomic mass is 16.1. The predicted molar refractivity (Wildman–Crippen MR) is 99.2 cm³/mol. The third-order valence-electron chi connectivity index (χ3n) is 4.87. The molecule has 2 aromatic heterocycles. The third-order valence-corrected chi connectivity index (χ3v) is 4.87. The van der Waals surface area contributed by atoms with Crippen LogP contribution >= 0.6 is 0 Å². The molecule has 0 radical (unpaired) electrons. The molecule has 0 saturated carbocycles. The first-order valence-electron chi connectivity index (χ1n) is 8.60. The molecule has 4 rings (SSSR count). The molecular weight excluding hydrogens is 310 g/mol. The largest absolute Gasteiger partial charge is 0.350 e. The second-order valence-corrected chi connectivity index (χ2v) is 6.66. The van der Waals surface area contributed by atoms with Gasteiger partial charge in [0, 0.05) is 18.5 Å². The van der Waals surface area contributed by atoms with Crippen molar-refractivity contribution < 1.29 is 4.79 Å². The van der Waals surface area contributed by atoms with Gasteiger partial charge in [-0.15, -0.1) is 0 Å². The van der Waals surface area contributed by atoms with E-state index in [2.05, 4.69) is 47.8 Å². The van der Waals surface area contributed by atoms with Crippen LogP contribution in [-0.2, 0) is 11.3 Å². The molecule has 0 fully saturated rings. The van der Waals surface area contributed by atoms with Gasteiger partial charge in [-0.2, -0.15) is 0 Å². The average Bonchev–Trinajstić information content (AvgIpc) is 2.90. The number of nitrogens with one attached hydrogen (secondary N) is 1. The lowest BCUT2D eigenvalue weighted by atomic mass is 9.91. The Morgan fingerprint density at radius 3 is 2.84 bits per heavy atom. The Bertz CT molecular complexity index is 969. The summed E-state index contributed by atoms with van der Waals surface area (Å²) >= 11 is 0. The molecule has 0 unspecified atom stereocenters. The van der Waals surface area contributed by atoms with E-state index in [0.717, 1.165) is 28.2 Å². The number of benzene rings is 1. The number of fused-ring (bicyclic) bond motifs is 3. The van der Waals surface area contributed by atoms with Gasteiger partial charge in [0.1, 0.15) is 5.65 Å². The first-order valence-corrected chi connectivity index (χ1v) is 8.60. The van der Waals surface area contributed by atoms with Crippen LogP contribution < -0.4 is 5.32 Å². The van der Waals surface area contributed by atoms with Gasteiger partial charge in [0.05, 0.1) is 17.9 Å². The molecule has 0 aliphatic carbocycles. The number of rotatable bonds is 2. The predicted octanol–water partition coefficient (Wildman–Crippen LogP) is 3.85. The van der Waals surface area contributed by atoms with Crippen LogP contribution in [-0.4, -0.2) is 15.3 Å². The first-order chi connectivity index (χ1) is 12.1. The SMILES string of the molecule is C/C(=C\c1ccccc1)[C@H]1CC(=O)NCc2nc3c(C)cccn3c21. The van der Waals surface area contributed by atoms with Gasteiger partial charge in [-0.25, -0.2) is 4.98 Å². The third kappa shape index (κ3) is 2.84. The molecule has 1 aromatic carbocycles. The first kappa shape index (κ1) is 15.6. The highest BCUT2D eigenvalue weighted by Gasteiger charge is 2.28. The van der Waals surface area contributed by atoms with Gasteiger partial charge in [0.15, 0.2) is 0 Å². The molecule has 1 N–H and O–H groups in total. The van der Waals surface area contributed by atoms with E-state index in [-0.39, 0.29) is 11.8 Å². The normalized spacial score (nSPS) is 17.9. The van der Waals surface area contributed by atoms with Gasteiger partial charge >= 0.3 is 0 Å². The fraction of sp³-hybridized carbons (Fsp3) is 0.238. The molecule has 1 aliphatic heterocycles. The Balaban J connectivity index is 1.87. The number of carbonyl (C=O) groups is 1. The maximum absolute atomic E-state index is 12.2. The zero-order chi connectivity index (χ0) is 17.4. The van der Waals surface area contributed by atoms with Crippen LogP contribution in [0.2, 0.25) is 0 Å². The van der Waals surface area contributed by atoms with Crippen molar-refractivity contribution >= 4 is 17.6 Å². The zero-order valence-corrected chi connectivity index (χ0v) is 14.5. The molecule has 3 aromatic rings. The minimum atomic E-state index is 0.0227. The molecule has 3 heterocycles. The van der Waals surface area contributed by atoms with E-state index in [1.54, 1.807) is 0 Å². The summed E-state index contributed by atoms with van der Waals surface area (Å²) in [4.78, 5) is 17.1. The quantitative estimate of drug-likeness (QED) is 0.775. The number of aryl methyl sites for hydroxylation is 1. The van der Waals surface area contributed by atoms with Crippen LogP contribution in [0.4, 0.5) is 0 Å². The zero-order valence-electron chi connectivity index (χ0n) is 14.5. The Morgan fingerprint density at radius 2 is 2.04 bits per heavy atom. The summed E-state index contributed by atoms with van der Waals surface area (Å²) in [6, 6.07) is 14.3. The molecule has 1 amide bonds. The van der Waals surface area contributed by atoms with E-state index in [4.69, 9.17) is 4.98 Å². The number of amides is 1. The molecule has 4 heteroatoms. The summed E-state index contributed by atoms with van der Waals surface area (Å²) < 4.78 is 2.15. The summed E-state index contributed by atoms with van der Waals surface area (Å²) in [5, 5.41) is 2.99. The van der Waals surface area contributed by atoms with E-state index in [0.29, 0.717) is 13.0 Å². The number of carbonyl (C=O) groups excluding carboxylic acids is 1. The number of pyridine rings is 1. The van der Waals surface area contributed by atoms with E-state index >= 15 is 0 Å². The molecular formula is C21H21N3O. The van der Waals surface area contributed by atoms with Crippen LogP contribution in [0.5, 0.6) is 0 Å². The lowest BCUT2D eigenvalue weighted by Crippen LogP contribution is -2.21. The van der Waals surface area contributed by atoms with Crippen molar-refractivity contribution in [1.29, 1.82) is 0 Å². The topological polar surface area (TPSA) is 46.4 Å². The standard InChI is InChI=1S/C21H21N3O/c1-14-7-6-10-24-20-17(15(2)11-16-8-4-3-5-9-16)12-19(25)22-13-18(20)23-21(14)24/h3-11,17H,12-13H2,1-2H3,(H,22,25)/b15-11+/t17-/m1/s1. The van der Waals surface area contributed by atoms with Crippen LogP contribution in [0.25, 0.3) is 11.7 Å². The smallest absolute Gasteiger partial charge is 0.221 e. The second-order valence-electron chi connectivity index (χ2n) is 6.66. The summed E-state index contributed by atoms with van der Waals surface area (Å²) in [6.07, 6.45) is 4.67. The van der Waals surface area contributed by atoms with Gasteiger partial charge in [-0.3, -0.25) is 4.79 Å². The van der Waals surface area contributed by atoms with E-state index in [9.17, 15) is 4.79 Å². The Kier molecular flexibility index (Phi) is 3.88. The summed E-state index contributed by atoms with van der Waals surface area (Å²) in [5.74, 6) is 0.0970. The lowest BCUT2D eigenvalue weighted by molar-refractivity contribution is -0.121. The number of hydrogen-bond acceptors (Lipinski definition) is 2. The summed E-state index contributed by atoms with van der Waals surface area (Å²) in [5.41, 5.74) is 6.53. The van der Waals surface area contributed by atoms with Crippen molar-refractivity contribution in [3.63, 3.8) is 0 Å².